The van der Waals surface area contributed by atoms with Gasteiger partial charge in [0.1, 0.15) is 0 Å². The number of rotatable bonds is 8. The number of amides is 1. The molecule has 0 saturated heterocycles. The number of benzene rings is 3. The van der Waals surface area contributed by atoms with Gasteiger partial charge in [0.05, 0.1) is 28.9 Å². The number of ether oxygens (including phenoxy) is 2. The van der Waals surface area contributed by atoms with E-state index in [1.54, 1.807) is 36.4 Å². The minimum atomic E-state index is -0.629. The Balaban J connectivity index is 1.42. The Morgan fingerprint density at radius 1 is 0.892 bits per heavy atom. The maximum absolute atomic E-state index is 13.0. The number of hydrogen-bond acceptors (Lipinski definition) is 6. The number of aromatic nitrogens is 1. The summed E-state index contributed by atoms with van der Waals surface area (Å²) >= 11 is 3.42. The van der Waals surface area contributed by atoms with Gasteiger partial charge in [-0.25, -0.2) is 14.6 Å². The van der Waals surface area contributed by atoms with Gasteiger partial charge in [0.2, 0.25) is 0 Å². The fraction of sp³-hybridized carbons (Fsp3) is 0.172. The smallest absolute Gasteiger partial charge is 0.339 e. The molecule has 188 valence electrons. The molecule has 4 rings (SSSR count). The molecule has 0 atom stereocenters. The van der Waals surface area contributed by atoms with Crippen LogP contribution in [0.5, 0.6) is 0 Å². The Morgan fingerprint density at radius 2 is 1.59 bits per heavy atom. The summed E-state index contributed by atoms with van der Waals surface area (Å²) in [4.78, 5) is 42.1. The minimum absolute atomic E-state index is 0.239. The summed E-state index contributed by atoms with van der Waals surface area (Å²) in [6, 6.07) is 22.9. The number of halogens is 1. The molecule has 8 heteroatoms. The summed E-state index contributed by atoms with van der Waals surface area (Å²) in [6.45, 7) is 3.77. The highest BCUT2D eigenvalue weighted by Gasteiger charge is 2.17. The van der Waals surface area contributed by atoms with E-state index in [2.05, 4.69) is 26.2 Å². The van der Waals surface area contributed by atoms with Crippen molar-refractivity contribution in [2.45, 2.75) is 13.8 Å². The number of anilines is 1. The normalized spacial score (nSPS) is 10.8. The van der Waals surface area contributed by atoms with Crippen LogP contribution in [0.4, 0.5) is 5.69 Å². The molecule has 0 aliphatic rings. The Kier molecular flexibility index (Phi) is 8.30. The summed E-state index contributed by atoms with van der Waals surface area (Å²) in [6.07, 6.45) is 0. The van der Waals surface area contributed by atoms with E-state index in [1.165, 1.54) is 0 Å². The molecule has 0 spiro atoms. The Morgan fingerprint density at radius 3 is 2.30 bits per heavy atom. The van der Waals surface area contributed by atoms with Gasteiger partial charge in [0.15, 0.2) is 6.61 Å². The lowest BCUT2D eigenvalue weighted by atomic mass is 10.0. The molecule has 0 radical (unpaired) electrons. The lowest BCUT2D eigenvalue weighted by molar-refractivity contribution is -0.119. The number of carbonyl (C=O) groups is 3. The first kappa shape index (κ1) is 26.0. The van der Waals surface area contributed by atoms with E-state index in [0.29, 0.717) is 40.0 Å². The standard InChI is InChI=1S/C29H25BrN2O5/c1-18(2)16-36-28(34)20-9-13-22(14-10-20)31-27(33)17-37-29(35)24-15-26(19-7-11-21(30)12-8-19)32-25-6-4-3-5-23(24)25/h3-15,18H,16-17H2,1-2H3,(H,31,33). The number of nitrogens with zero attached hydrogens (tertiary/aromatic N) is 1. The topological polar surface area (TPSA) is 94.6 Å². The largest absolute Gasteiger partial charge is 0.462 e. The molecule has 0 aliphatic heterocycles. The van der Waals surface area contributed by atoms with Crippen LogP contribution in [0.15, 0.2) is 83.3 Å². The quantitative estimate of drug-likeness (QED) is 0.255. The average molecular weight is 561 g/mol. The summed E-state index contributed by atoms with van der Waals surface area (Å²) in [5, 5.41) is 3.29. The van der Waals surface area contributed by atoms with Gasteiger partial charge in [-0.15, -0.1) is 0 Å². The molecule has 0 fully saturated rings. The van der Waals surface area contributed by atoms with Crippen molar-refractivity contribution in [3.05, 3.63) is 94.5 Å². The third-order valence-electron chi connectivity index (χ3n) is 5.36. The highest BCUT2D eigenvalue weighted by atomic mass is 79.9. The van der Waals surface area contributed by atoms with Gasteiger partial charge >= 0.3 is 11.9 Å². The molecule has 37 heavy (non-hydrogen) atoms. The Labute approximate surface area is 222 Å². The Hall–Kier alpha value is -4.04. The van der Waals surface area contributed by atoms with Crippen molar-refractivity contribution in [3.63, 3.8) is 0 Å². The number of nitrogens with one attached hydrogen (secondary N) is 1. The number of pyridine rings is 1. The van der Waals surface area contributed by atoms with Crippen molar-refractivity contribution >= 4 is 50.4 Å². The van der Waals surface area contributed by atoms with Crippen molar-refractivity contribution < 1.29 is 23.9 Å². The molecule has 0 bridgehead atoms. The van der Waals surface area contributed by atoms with Crippen LogP contribution < -0.4 is 5.32 Å². The lowest BCUT2D eigenvalue weighted by Crippen LogP contribution is -2.21. The van der Waals surface area contributed by atoms with Gasteiger partial charge in [-0.1, -0.05) is 60.1 Å². The van der Waals surface area contributed by atoms with Crippen molar-refractivity contribution in [2.75, 3.05) is 18.5 Å². The average Bonchev–Trinajstić information content (AvgIpc) is 2.90. The number of carbonyl (C=O) groups excluding carboxylic acids is 3. The van der Waals surface area contributed by atoms with Crippen molar-refractivity contribution in [1.82, 2.24) is 4.98 Å². The van der Waals surface area contributed by atoms with Crippen LogP contribution in [0.1, 0.15) is 34.6 Å². The summed E-state index contributed by atoms with van der Waals surface area (Å²) < 4.78 is 11.5. The first-order chi connectivity index (χ1) is 17.8. The van der Waals surface area contributed by atoms with E-state index in [-0.39, 0.29) is 5.92 Å². The molecular formula is C29H25BrN2O5. The van der Waals surface area contributed by atoms with Gasteiger partial charge < -0.3 is 14.8 Å². The van der Waals surface area contributed by atoms with Crippen LogP contribution in [0.25, 0.3) is 22.2 Å². The predicted octanol–water partition coefficient (Wildman–Crippen LogP) is 6.27. The highest BCUT2D eigenvalue weighted by molar-refractivity contribution is 9.10. The van der Waals surface area contributed by atoms with Crippen LogP contribution >= 0.6 is 15.9 Å². The SMILES string of the molecule is CC(C)COC(=O)c1ccc(NC(=O)COC(=O)c2cc(-c3ccc(Br)cc3)nc3ccccc23)cc1. The van der Waals surface area contributed by atoms with Gasteiger partial charge in [-0.3, -0.25) is 4.79 Å². The van der Waals surface area contributed by atoms with Crippen LogP contribution in [0, 0.1) is 5.92 Å². The molecule has 1 N–H and O–H groups in total. The van der Waals surface area contributed by atoms with E-state index < -0.39 is 24.5 Å². The maximum atomic E-state index is 13.0. The van der Waals surface area contributed by atoms with Gasteiger partial charge in [-0.2, -0.15) is 0 Å². The monoisotopic (exact) mass is 560 g/mol. The zero-order valence-electron chi connectivity index (χ0n) is 20.4. The lowest BCUT2D eigenvalue weighted by Gasteiger charge is -2.11. The van der Waals surface area contributed by atoms with Crippen LogP contribution in [0.2, 0.25) is 0 Å². The summed E-state index contributed by atoms with van der Waals surface area (Å²) in [5.74, 6) is -1.32. The molecule has 3 aromatic carbocycles. The second kappa shape index (κ2) is 11.8. The first-order valence-corrected chi connectivity index (χ1v) is 12.5. The van der Waals surface area contributed by atoms with Gasteiger partial charge in [0, 0.05) is 21.1 Å². The van der Waals surface area contributed by atoms with Gasteiger partial charge in [0.25, 0.3) is 5.91 Å². The first-order valence-electron chi connectivity index (χ1n) is 11.7. The summed E-state index contributed by atoms with van der Waals surface area (Å²) in [5.41, 5.74) is 3.28. The zero-order valence-corrected chi connectivity index (χ0v) is 21.9. The second-order valence-corrected chi connectivity index (χ2v) is 9.69. The fourth-order valence-electron chi connectivity index (χ4n) is 3.53. The number of esters is 2. The summed E-state index contributed by atoms with van der Waals surface area (Å²) in [7, 11) is 0. The van der Waals surface area contributed by atoms with Crippen molar-refractivity contribution in [1.29, 1.82) is 0 Å². The number of hydrogen-bond donors (Lipinski definition) is 1. The third-order valence-corrected chi connectivity index (χ3v) is 5.89. The minimum Gasteiger partial charge on any atom is -0.462 e. The van der Waals surface area contributed by atoms with Crippen LogP contribution in [0.3, 0.4) is 0 Å². The van der Waals surface area contributed by atoms with Crippen molar-refractivity contribution in [2.24, 2.45) is 5.92 Å². The third kappa shape index (κ3) is 6.80. The van der Waals surface area contributed by atoms with Crippen LogP contribution in [-0.4, -0.2) is 36.0 Å². The number of para-hydroxylation sites is 1. The number of fused-ring (bicyclic) bond motifs is 1. The molecule has 0 aliphatic carbocycles. The van der Waals surface area contributed by atoms with Crippen molar-refractivity contribution in [3.8, 4) is 11.3 Å². The van der Waals surface area contributed by atoms with Crippen LogP contribution in [-0.2, 0) is 14.3 Å². The molecule has 4 aromatic rings. The van der Waals surface area contributed by atoms with E-state index >= 15 is 0 Å². The van der Waals surface area contributed by atoms with E-state index in [0.717, 1.165) is 10.0 Å². The molecule has 1 heterocycles. The highest BCUT2D eigenvalue weighted by Crippen LogP contribution is 2.26. The fourth-order valence-corrected chi connectivity index (χ4v) is 3.80. The Bertz CT molecular complexity index is 1430. The second-order valence-electron chi connectivity index (χ2n) is 8.77. The molecule has 1 amide bonds. The van der Waals surface area contributed by atoms with E-state index in [4.69, 9.17) is 9.47 Å². The van der Waals surface area contributed by atoms with E-state index in [1.807, 2.05) is 56.3 Å². The van der Waals surface area contributed by atoms with Gasteiger partial charge in [-0.05, 0) is 54.4 Å². The molecule has 7 nitrogen and oxygen atoms in total. The maximum Gasteiger partial charge on any atom is 0.339 e. The molecular weight excluding hydrogens is 536 g/mol. The molecule has 0 unspecified atom stereocenters. The van der Waals surface area contributed by atoms with E-state index in [9.17, 15) is 14.4 Å². The molecule has 0 saturated carbocycles. The zero-order chi connectivity index (χ0) is 26.4. The molecule has 1 aromatic heterocycles. The predicted molar refractivity (Wildman–Crippen MR) is 145 cm³/mol.